The zero-order valence-corrected chi connectivity index (χ0v) is 10.8. The van der Waals surface area contributed by atoms with E-state index in [2.05, 4.69) is 5.32 Å². The van der Waals surface area contributed by atoms with Gasteiger partial charge in [-0.2, -0.15) is 0 Å². The summed E-state index contributed by atoms with van der Waals surface area (Å²) in [5, 5.41) is 13.9. The van der Waals surface area contributed by atoms with Crippen LogP contribution >= 0.6 is 0 Å². The van der Waals surface area contributed by atoms with Crippen molar-refractivity contribution in [1.82, 2.24) is 5.32 Å². The lowest BCUT2D eigenvalue weighted by Crippen LogP contribution is -2.19. The third-order valence-corrected chi connectivity index (χ3v) is 2.79. The second-order valence-electron chi connectivity index (χ2n) is 4.25. The van der Waals surface area contributed by atoms with Crippen LogP contribution in [-0.2, 0) is 6.54 Å². The van der Waals surface area contributed by atoms with Gasteiger partial charge in [0, 0.05) is 18.2 Å². The van der Waals surface area contributed by atoms with Gasteiger partial charge in [0.2, 0.25) is 0 Å². The number of nitro groups is 1. The van der Waals surface area contributed by atoms with Gasteiger partial charge in [-0.05, 0) is 11.6 Å². The highest BCUT2D eigenvalue weighted by Gasteiger charge is 2.11. The van der Waals surface area contributed by atoms with Gasteiger partial charge >= 0.3 is 0 Å². The zero-order chi connectivity index (χ0) is 14.4. The van der Waals surface area contributed by atoms with Gasteiger partial charge in [0.15, 0.2) is 0 Å². The highest BCUT2D eigenvalue weighted by Crippen LogP contribution is 2.17. The Morgan fingerprint density at radius 1 is 1.15 bits per heavy atom. The molecule has 102 valence electrons. The lowest BCUT2D eigenvalue weighted by atomic mass is 10.2. The molecule has 0 aliphatic carbocycles. The first-order valence-corrected chi connectivity index (χ1v) is 6.15. The number of nitrogens with zero attached hydrogens (tertiary/aromatic N) is 1. The van der Waals surface area contributed by atoms with Gasteiger partial charge in [-0.15, -0.1) is 0 Å². The summed E-state index contributed by atoms with van der Waals surface area (Å²) in [7, 11) is 0. The van der Waals surface area contributed by atoms with Crippen LogP contribution in [0.15, 0.2) is 60.4 Å². The van der Waals surface area contributed by atoms with E-state index in [9.17, 15) is 10.1 Å². The second-order valence-corrected chi connectivity index (χ2v) is 4.25. The van der Waals surface area contributed by atoms with Crippen LogP contribution in [0.25, 0.3) is 6.08 Å². The molecular formula is C15H15N3O2. The molecule has 0 heterocycles. The predicted molar refractivity (Wildman–Crippen MR) is 78.5 cm³/mol. The molecule has 0 aromatic heterocycles. The van der Waals surface area contributed by atoms with Gasteiger partial charge in [0.05, 0.1) is 10.7 Å². The smallest absolute Gasteiger partial charge is 0.274 e. The van der Waals surface area contributed by atoms with Gasteiger partial charge in [0.25, 0.3) is 5.69 Å². The van der Waals surface area contributed by atoms with Crippen molar-refractivity contribution in [1.29, 1.82) is 0 Å². The molecule has 2 aromatic carbocycles. The minimum absolute atomic E-state index is 0.0903. The first-order chi connectivity index (χ1) is 9.66. The maximum atomic E-state index is 10.9. The monoisotopic (exact) mass is 269 g/mol. The summed E-state index contributed by atoms with van der Waals surface area (Å²) >= 11 is 0. The molecule has 5 heteroatoms. The van der Waals surface area contributed by atoms with Gasteiger partial charge in [0.1, 0.15) is 0 Å². The van der Waals surface area contributed by atoms with Crippen LogP contribution in [0.3, 0.4) is 0 Å². The minimum Gasteiger partial charge on any atom is -0.386 e. The molecule has 2 rings (SSSR count). The molecule has 5 nitrogen and oxygen atoms in total. The maximum absolute atomic E-state index is 10.9. The van der Waals surface area contributed by atoms with E-state index in [4.69, 9.17) is 5.73 Å². The number of benzene rings is 2. The summed E-state index contributed by atoms with van der Waals surface area (Å²) in [6.45, 7) is 0.312. The van der Waals surface area contributed by atoms with Crippen LogP contribution in [0.1, 0.15) is 11.1 Å². The molecule has 20 heavy (non-hydrogen) atoms. The summed E-state index contributed by atoms with van der Waals surface area (Å²) in [6, 6.07) is 16.2. The molecule has 3 N–H and O–H groups in total. The van der Waals surface area contributed by atoms with Crippen LogP contribution in [0.5, 0.6) is 0 Å². The van der Waals surface area contributed by atoms with Crippen LogP contribution in [-0.4, -0.2) is 4.92 Å². The number of hydrogen-bond donors (Lipinski definition) is 2. The van der Waals surface area contributed by atoms with E-state index in [0.29, 0.717) is 17.9 Å². The van der Waals surface area contributed by atoms with Crippen molar-refractivity contribution in [3.8, 4) is 0 Å². The van der Waals surface area contributed by atoms with Crippen LogP contribution < -0.4 is 11.1 Å². The normalized spacial score (nSPS) is 11.1. The lowest BCUT2D eigenvalue weighted by Gasteiger charge is -2.07. The number of nitro benzene ring substituents is 1. The zero-order valence-electron chi connectivity index (χ0n) is 10.8. The Morgan fingerprint density at radius 2 is 1.80 bits per heavy atom. The van der Waals surface area contributed by atoms with Crippen molar-refractivity contribution >= 4 is 11.8 Å². The Bertz CT molecular complexity index is 624. The highest BCUT2D eigenvalue weighted by atomic mass is 16.6. The Labute approximate surface area is 116 Å². The maximum Gasteiger partial charge on any atom is 0.274 e. The molecule has 2 aromatic rings. The predicted octanol–water partition coefficient (Wildman–Crippen LogP) is 2.64. The average Bonchev–Trinajstić information content (AvgIpc) is 2.46. The van der Waals surface area contributed by atoms with Gasteiger partial charge in [-0.25, -0.2) is 0 Å². The molecule has 0 saturated heterocycles. The van der Waals surface area contributed by atoms with Gasteiger partial charge < -0.3 is 11.1 Å². The highest BCUT2D eigenvalue weighted by molar-refractivity contribution is 5.51. The van der Waals surface area contributed by atoms with Crippen molar-refractivity contribution in [2.24, 2.45) is 5.73 Å². The summed E-state index contributed by atoms with van der Waals surface area (Å²) in [5.74, 6) is 0.467. The van der Waals surface area contributed by atoms with E-state index in [1.807, 2.05) is 30.3 Å². The van der Waals surface area contributed by atoms with Crippen molar-refractivity contribution in [2.45, 2.75) is 6.54 Å². The van der Waals surface area contributed by atoms with E-state index in [0.717, 1.165) is 5.56 Å². The van der Waals surface area contributed by atoms with E-state index in [-0.39, 0.29) is 5.69 Å². The fourth-order valence-electron chi connectivity index (χ4n) is 1.82. The van der Waals surface area contributed by atoms with E-state index in [1.54, 1.807) is 24.3 Å². The topological polar surface area (TPSA) is 81.2 Å². The summed E-state index contributed by atoms with van der Waals surface area (Å²) < 4.78 is 0. The first kappa shape index (κ1) is 13.6. The second kappa shape index (κ2) is 6.38. The lowest BCUT2D eigenvalue weighted by molar-refractivity contribution is -0.385. The standard InChI is InChI=1S/C15H15N3O2/c16-15(10-12-6-2-1-3-7-12)17-11-13-8-4-5-9-14(13)18(19)20/h1-10,17H,11,16H2/b15-10+. The molecule has 0 unspecified atom stereocenters. The first-order valence-electron chi connectivity index (χ1n) is 6.15. The van der Waals surface area contributed by atoms with Crippen molar-refractivity contribution in [2.75, 3.05) is 0 Å². The molecule has 0 radical (unpaired) electrons. The molecule has 0 fully saturated rings. The minimum atomic E-state index is -0.395. The molecule has 0 aliphatic rings. The van der Waals surface area contributed by atoms with Crippen molar-refractivity contribution in [3.05, 3.63) is 81.7 Å². The third kappa shape index (κ3) is 3.58. The van der Waals surface area contributed by atoms with E-state index >= 15 is 0 Å². The quantitative estimate of drug-likeness (QED) is 0.646. The number of para-hydroxylation sites is 1. The van der Waals surface area contributed by atoms with Crippen molar-refractivity contribution in [3.63, 3.8) is 0 Å². The molecule has 0 bridgehead atoms. The van der Waals surface area contributed by atoms with Gasteiger partial charge in [-0.1, -0.05) is 48.5 Å². The molecule has 0 amide bonds. The number of nitrogens with two attached hydrogens (primary N) is 1. The SMILES string of the molecule is N/C(=C\c1ccccc1)NCc1ccccc1[N+](=O)[O-]. The summed E-state index contributed by atoms with van der Waals surface area (Å²) in [6.07, 6.45) is 1.79. The van der Waals surface area contributed by atoms with Gasteiger partial charge in [-0.3, -0.25) is 10.1 Å². The summed E-state index contributed by atoms with van der Waals surface area (Å²) in [5.41, 5.74) is 7.52. The molecule has 0 aliphatic heterocycles. The third-order valence-electron chi connectivity index (χ3n) is 2.79. The average molecular weight is 269 g/mol. The Balaban J connectivity index is 2.06. The fourth-order valence-corrected chi connectivity index (χ4v) is 1.82. The molecule has 0 atom stereocenters. The number of hydrogen-bond acceptors (Lipinski definition) is 4. The van der Waals surface area contributed by atoms with E-state index < -0.39 is 4.92 Å². The summed E-state index contributed by atoms with van der Waals surface area (Å²) in [4.78, 5) is 10.5. The Kier molecular flexibility index (Phi) is 4.34. The van der Waals surface area contributed by atoms with Crippen molar-refractivity contribution < 1.29 is 4.92 Å². The molecule has 0 saturated carbocycles. The molecular weight excluding hydrogens is 254 g/mol. The van der Waals surface area contributed by atoms with Crippen LogP contribution in [0, 0.1) is 10.1 Å². The fraction of sp³-hybridized carbons (Fsp3) is 0.0667. The number of nitrogens with one attached hydrogen (secondary N) is 1. The largest absolute Gasteiger partial charge is 0.386 e. The van der Waals surface area contributed by atoms with Crippen LogP contribution in [0.2, 0.25) is 0 Å². The number of rotatable bonds is 5. The van der Waals surface area contributed by atoms with E-state index in [1.165, 1.54) is 6.07 Å². The Hall–Kier alpha value is -2.82. The van der Waals surface area contributed by atoms with Crippen LogP contribution in [0.4, 0.5) is 5.69 Å². The molecule has 0 spiro atoms. The Morgan fingerprint density at radius 3 is 2.50 bits per heavy atom.